The Labute approximate surface area is 140 Å². The number of carbonyl (C=O) groups excluding carboxylic acids is 2. The van der Waals surface area contributed by atoms with Crippen molar-refractivity contribution in [2.24, 2.45) is 5.92 Å². The third-order valence-corrected chi connectivity index (χ3v) is 5.60. The van der Waals surface area contributed by atoms with Crippen molar-refractivity contribution in [3.05, 3.63) is 29.0 Å². The summed E-state index contributed by atoms with van der Waals surface area (Å²) in [6.07, 6.45) is 7.78. The Balaban J connectivity index is 1.50. The van der Waals surface area contributed by atoms with E-state index in [1.54, 1.807) is 12.3 Å². The quantitative estimate of drug-likeness (QED) is 0.834. The molecule has 6 heteroatoms. The van der Waals surface area contributed by atoms with Crippen molar-refractivity contribution < 1.29 is 9.59 Å². The van der Waals surface area contributed by atoms with Gasteiger partial charge in [-0.25, -0.2) is 0 Å². The van der Waals surface area contributed by atoms with Crippen molar-refractivity contribution in [1.29, 1.82) is 0 Å². The lowest BCUT2D eigenvalue weighted by molar-refractivity contribution is -0.141. The van der Waals surface area contributed by atoms with E-state index in [0.29, 0.717) is 47.5 Å². The first kappa shape index (κ1) is 14.9. The molecule has 2 saturated heterocycles. The van der Waals surface area contributed by atoms with Crippen LogP contribution in [0.3, 0.4) is 0 Å². The smallest absolute Gasteiger partial charge is 0.255 e. The molecule has 3 fully saturated rings. The molecule has 1 aromatic rings. The summed E-state index contributed by atoms with van der Waals surface area (Å²) in [7, 11) is 0. The van der Waals surface area contributed by atoms with Gasteiger partial charge in [-0.15, -0.1) is 0 Å². The van der Waals surface area contributed by atoms with Crippen LogP contribution >= 0.6 is 11.6 Å². The van der Waals surface area contributed by atoms with Gasteiger partial charge in [0.2, 0.25) is 5.91 Å². The summed E-state index contributed by atoms with van der Waals surface area (Å²) in [5.41, 5.74) is 0.519. The van der Waals surface area contributed by atoms with Crippen molar-refractivity contribution in [3.8, 4) is 0 Å². The van der Waals surface area contributed by atoms with Crippen LogP contribution in [0.25, 0.3) is 0 Å². The summed E-state index contributed by atoms with van der Waals surface area (Å²) in [6.45, 7) is 1.41. The monoisotopic (exact) mass is 333 g/mol. The number of aromatic nitrogens is 1. The molecule has 4 rings (SSSR count). The second kappa shape index (κ2) is 5.78. The number of halogens is 1. The largest absolute Gasteiger partial charge is 0.338 e. The predicted molar refractivity (Wildman–Crippen MR) is 86.1 cm³/mol. The van der Waals surface area contributed by atoms with E-state index in [1.807, 2.05) is 4.90 Å². The fourth-order valence-electron chi connectivity index (χ4n) is 4.02. The maximum Gasteiger partial charge on any atom is 0.255 e. The highest BCUT2D eigenvalue weighted by molar-refractivity contribution is 6.33. The van der Waals surface area contributed by atoms with Gasteiger partial charge in [0.1, 0.15) is 0 Å². The van der Waals surface area contributed by atoms with E-state index in [0.717, 1.165) is 32.2 Å². The number of hydrogen-bond acceptors (Lipinski definition) is 3. The number of nitrogens with zero attached hydrogens (tertiary/aromatic N) is 3. The molecule has 0 spiro atoms. The summed E-state index contributed by atoms with van der Waals surface area (Å²) in [5, 5.41) is 0.401. The molecular weight excluding hydrogens is 314 g/mol. The van der Waals surface area contributed by atoms with Crippen LogP contribution in [0.5, 0.6) is 0 Å². The SMILES string of the molecule is O=C(c1ccncc1Cl)N1CC[C@@H]2[C@@H](CCC(=O)N2C2CC2)C1. The number of likely N-dealkylation sites (tertiary alicyclic amines) is 2. The van der Waals surface area contributed by atoms with Crippen LogP contribution < -0.4 is 0 Å². The molecule has 0 N–H and O–H groups in total. The minimum Gasteiger partial charge on any atom is -0.338 e. The normalized spacial score (nSPS) is 27.8. The molecular formula is C17H20ClN3O2. The zero-order valence-electron chi connectivity index (χ0n) is 12.9. The van der Waals surface area contributed by atoms with Gasteiger partial charge in [-0.2, -0.15) is 0 Å². The van der Waals surface area contributed by atoms with Crippen molar-refractivity contribution in [2.45, 2.75) is 44.2 Å². The molecule has 2 aliphatic heterocycles. The van der Waals surface area contributed by atoms with Crippen LogP contribution in [0.4, 0.5) is 0 Å². The molecule has 3 heterocycles. The van der Waals surface area contributed by atoms with Crippen molar-refractivity contribution >= 4 is 23.4 Å². The molecule has 3 aliphatic rings. The number of fused-ring (bicyclic) bond motifs is 1. The fraction of sp³-hybridized carbons (Fsp3) is 0.588. The summed E-state index contributed by atoms with van der Waals surface area (Å²) < 4.78 is 0. The highest BCUT2D eigenvalue weighted by Crippen LogP contribution is 2.39. The van der Waals surface area contributed by atoms with Gasteiger partial charge in [0.25, 0.3) is 5.91 Å². The molecule has 2 amide bonds. The zero-order chi connectivity index (χ0) is 16.0. The van der Waals surface area contributed by atoms with Crippen molar-refractivity contribution in [2.75, 3.05) is 13.1 Å². The third kappa shape index (κ3) is 2.71. The first-order chi connectivity index (χ1) is 11.1. The van der Waals surface area contributed by atoms with Gasteiger partial charge >= 0.3 is 0 Å². The molecule has 1 saturated carbocycles. The van der Waals surface area contributed by atoms with Crippen LogP contribution in [-0.4, -0.2) is 51.8 Å². The minimum atomic E-state index is -0.0225. The van der Waals surface area contributed by atoms with Gasteiger partial charge in [0.05, 0.1) is 10.6 Å². The van der Waals surface area contributed by atoms with Crippen LogP contribution in [-0.2, 0) is 4.79 Å². The molecule has 122 valence electrons. The number of pyridine rings is 1. The lowest BCUT2D eigenvalue weighted by atomic mass is 9.83. The summed E-state index contributed by atoms with van der Waals surface area (Å²) in [6, 6.07) is 2.46. The molecule has 1 aliphatic carbocycles. The number of piperidine rings is 2. The van der Waals surface area contributed by atoms with Gasteiger partial charge in [-0.3, -0.25) is 14.6 Å². The number of carbonyl (C=O) groups is 2. The van der Waals surface area contributed by atoms with E-state index in [4.69, 9.17) is 11.6 Å². The van der Waals surface area contributed by atoms with Crippen LogP contribution in [0, 0.1) is 5.92 Å². The van der Waals surface area contributed by atoms with E-state index >= 15 is 0 Å². The second-order valence-corrected chi connectivity index (χ2v) is 7.20. The molecule has 5 nitrogen and oxygen atoms in total. The lowest BCUT2D eigenvalue weighted by Gasteiger charge is -2.47. The first-order valence-electron chi connectivity index (χ1n) is 8.35. The maximum atomic E-state index is 12.7. The summed E-state index contributed by atoms with van der Waals surface area (Å²) in [5.74, 6) is 0.683. The average Bonchev–Trinajstić information content (AvgIpc) is 3.39. The Hall–Kier alpha value is -1.62. The molecule has 2 atom stereocenters. The maximum absolute atomic E-state index is 12.7. The standard InChI is InChI=1S/C17H20ClN3O2/c18-14-9-19-7-5-13(14)17(23)20-8-6-15-11(10-20)1-4-16(22)21(15)12-2-3-12/h5,7,9,11-12,15H,1-4,6,8,10H2/t11-,15+/m0/s1. The Morgan fingerprint density at radius 1 is 1.26 bits per heavy atom. The van der Waals surface area contributed by atoms with Crippen LogP contribution in [0.15, 0.2) is 18.5 Å². The average molecular weight is 334 g/mol. The summed E-state index contributed by atoms with van der Waals surface area (Å²) >= 11 is 6.10. The van der Waals surface area contributed by atoms with E-state index in [9.17, 15) is 9.59 Å². The van der Waals surface area contributed by atoms with Crippen LogP contribution in [0.2, 0.25) is 5.02 Å². The predicted octanol–water partition coefficient (Wildman–Crippen LogP) is 2.35. The first-order valence-corrected chi connectivity index (χ1v) is 8.73. The third-order valence-electron chi connectivity index (χ3n) is 5.30. The molecule has 23 heavy (non-hydrogen) atoms. The Morgan fingerprint density at radius 3 is 2.83 bits per heavy atom. The Bertz CT molecular complexity index is 646. The Morgan fingerprint density at radius 2 is 2.09 bits per heavy atom. The van der Waals surface area contributed by atoms with Crippen molar-refractivity contribution in [3.63, 3.8) is 0 Å². The number of amides is 2. The number of hydrogen-bond donors (Lipinski definition) is 0. The fourth-order valence-corrected chi connectivity index (χ4v) is 4.22. The highest BCUT2D eigenvalue weighted by atomic mass is 35.5. The highest BCUT2D eigenvalue weighted by Gasteiger charge is 2.45. The van der Waals surface area contributed by atoms with E-state index < -0.39 is 0 Å². The Kier molecular flexibility index (Phi) is 3.76. The van der Waals surface area contributed by atoms with E-state index in [2.05, 4.69) is 9.88 Å². The molecule has 1 aromatic heterocycles. The van der Waals surface area contributed by atoms with Crippen LogP contribution in [0.1, 0.15) is 42.5 Å². The molecule has 0 bridgehead atoms. The topological polar surface area (TPSA) is 53.5 Å². The molecule has 0 radical (unpaired) electrons. The van der Waals surface area contributed by atoms with Crippen molar-refractivity contribution in [1.82, 2.24) is 14.8 Å². The molecule has 0 unspecified atom stereocenters. The molecule has 0 aromatic carbocycles. The minimum absolute atomic E-state index is 0.0225. The van der Waals surface area contributed by atoms with Gasteiger partial charge in [-0.1, -0.05) is 11.6 Å². The van der Waals surface area contributed by atoms with E-state index in [-0.39, 0.29) is 5.91 Å². The lowest BCUT2D eigenvalue weighted by Crippen LogP contribution is -2.57. The second-order valence-electron chi connectivity index (χ2n) is 6.79. The number of rotatable bonds is 2. The zero-order valence-corrected chi connectivity index (χ0v) is 13.7. The van der Waals surface area contributed by atoms with Gasteiger partial charge in [-0.05, 0) is 37.7 Å². The van der Waals surface area contributed by atoms with Gasteiger partial charge < -0.3 is 9.80 Å². The van der Waals surface area contributed by atoms with E-state index in [1.165, 1.54) is 6.20 Å². The summed E-state index contributed by atoms with van der Waals surface area (Å²) in [4.78, 5) is 32.9. The van der Waals surface area contributed by atoms with Gasteiger partial charge in [0.15, 0.2) is 0 Å². The van der Waals surface area contributed by atoms with Gasteiger partial charge in [0, 0.05) is 44.0 Å².